The van der Waals surface area contributed by atoms with Crippen molar-refractivity contribution >= 4 is 11.8 Å². The predicted octanol–water partition coefficient (Wildman–Crippen LogP) is 4.10. The van der Waals surface area contributed by atoms with Gasteiger partial charge in [0.25, 0.3) is 0 Å². The van der Waals surface area contributed by atoms with Crippen LogP contribution in [0.5, 0.6) is 0 Å². The van der Waals surface area contributed by atoms with Crippen molar-refractivity contribution in [2.75, 3.05) is 19.4 Å². The van der Waals surface area contributed by atoms with E-state index in [1.165, 1.54) is 12.1 Å². The Bertz CT molecular complexity index is 381. The molecule has 1 rings (SSSR count). The minimum atomic E-state index is -0.181. The second-order valence-electron chi connectivity index (χ2n) is 5.52. The Balaban J connectivity index is 2.44. The zero-order chi connectivity index (χ0) is 15.0. The summed E-state index contributed by atoms with van der Waals surface area (Å²) < 4.78 is 18.3. The van der Waals surface area contributed by atoms with Crippen molar-refractivity contribution in [1.82, 2.24) is 5.32 Å². The number of nitrogens with one attached hydrogen (secondary N) is 1. The third-order valence-corrected chi connectivity index (χ3v) is 4.58. The summed E-state index contributed by atoms with van der Waals surface area (Å²) in [7, 11) is 1.76. The van der Waals surface area contributed by atoms with Crippen molar-refractivity contribution in [3.05, 3.63) is 30.1 Å². The van der Waals surface area contributed by atoms with Gasteiger partial charge in [-0.25, -0.2) is 4.39 Å². The van der Waals surface area contributed by atoms with Crippen LogP contribution in [0.1, 0.15) is 33.6 Å². The van der Waals surface area contributed by atoms with E-state index in [-0.39, 0.29) is 11.4 Å². The average Bonchev–Trinajstić information content (AvgIpc) is 2.44. The lowest BCUT2D eigenvalue weighted by Gasteiger charge is -2.26. The van der Waals surface area contributed by atoms with Gasteiger partial charge in [0.05, 0.1) is 5.60 Å². The number of rotatable bonds is 9. The van der Waals surface area contributed by atoms with Crippen molar-refractivity contribution in [2.45, 2.75) is 50.2 Å². The van der Waals surface area contributed by atoms with Crippen LogP contribution in [-0.2, 0) is 4.74 Å². The maximum Gasteiger partial charge on any atom is 0.123 e. The molecule has 1 atom stereocenters. The van der Waals surface area contributed by atoms with E-state index >= 15 is 0 Å². The molecule has 0 bridgehead atoms. The smallest absolute Gasteiger partial charge is 0.123 e. The van der Waals surface area contributed by atoms with Crippen LogP contribution in [0.2, 0.25) is 0 Å². The Kier molecular flexibility index (Phi) is 7.56. The summed E-state index contributed by atoms with van der Waals surface area (Å²) in [5, 5.41) is 3.51. The van der Waals surface area contributed by atoms with Crippen LogP contribution in [0.15, 0.2) is 29.2 Å². The molecule has 1 N–H and O–H groups in total. The monoisotopic (exact) mass is 299 g/mol. The number of ether oxygens (including phenoxy) is 1. The standard InChI is InChI=1S/C16H26FNOS/c1-5-18-14(10-11-16(2,3)19-4)12-20-15-8-6-13(17)7-9-15/h6-9,14,18H,5,10-12H2,1-4H3. The molecule has 2 nitrogen and oxygen atoms in total. The molecule has 1 aromatic rings. The van der Waals surface area contributed by atoms with Gasteiger partial charge in [-0.1, -0.05) is 6.92 Å². The van der Waals surface area contributed by atoms with Gasteiger partial charge in [-0.15, -0.1) is 11.8 Å². The van der Waals surface area contributed by atoms with E-state index in [9.17, 15) is 4.39 Å². The Hall–Kier alpha value is -0.580. The summed E-state index contributed by atoms with van der Waals surface area (Å²) in [5.41, 5.74) is -0.0752. The Morgan fingerprint density at radius 3 is 2.50 bits per heavy atom. The number of hydrogen-bond donors (Lipinski definition) is 1. The molecule has 1 aromatic carbocycles. The quantitative estimate of drug-likeness (QED) is 0.694. The molecule has 114 valence electrons. The number of benzene rings is 1. The molecule has 0 heterocycles. The summed E-state index contributed by atoms with van der Waals surface area (Å²) in [4.78, 5) is 1.11. The molecule has 4 heteroatoms. The lowest BCUT2D eigenvalue weighted by Crippen LogP contribution is -2.34. The molecular formula is C16H26FNOS. The first-order valence-corrected chi connectivity index (χ1v) is 8.12. The molecule has 0 amide bonds. The Labute approximate surface area is 126 Å². The van der Waals surface area contributed by atoms with Gasteiger partial charge in [0.15, 0.2) is 0 Å². The molecule has 1 unspecified atom stereocenters. The van der Waals surface area contributed by atoms with Gasteiger partial charge in [0.2, 0.25) is 0 Å². The fraction of sp³-hybridized carbons (Fsp3) is 0.625. The van der Waals surface area contributed by atoms with Crippen molar-refractivity contribution in [2.24, 2.45) is 0 Å². The van der Waals surface area contributed by atoms with Crippen LogP contribution in [-0.4, -0.2) is 31.1 Å². The van der Waals surface area contributed by atoms with Gasteiger partial charge >= 0.3 is 0 Å². The fourth-order valence-electron chi connectivity index (χ4n) is 1.88. The van der Waals surface area contributed by atoms with Crippen molar-refractivity contribution < 1.29 is 9.13 Å². The van der Waals surface area contributed by atoms with Crippen molar-refractivity contribution in [3.8, 4) is 0 Å². The highest BCUT2D eigenvalue weighted by Gasteiger charge is 2.19. The van der Waals surface area contributed by atoms with Crippen LogP contribution in [0, 0.1) is 5.82 Å². The number of halogens is 1. The van der Waals surface area contributed by atoms with Gasteiger partial charge in [0.1, 0.15) is 5.82 Å². The van der Waals surface area contributed by atoms with Gasteiger partial charge in [-0.05, 0) is 57.5 Å². The molecule has 0 aliphatic heterocycles. The summed E-state index contributed by atoms with van der Waals surface area (Å²) >= 11 is 1.77. The minimum absolute atomic E-state index is 0.0752. The Morgan fingerprint density at radius 2 is 1.95 bits per heavy atom. The zero-order valence-electron chi connectivity index (χ0n) is 12.9. The molecule has 0 spiro atoms. The van der Waals surface area contributed by atoms with E-state index in [0.717, 1.165) is 30.0 Å². The molecule has 0 fully saturated rings. The summed E-state index contributed by atoms with van der Waals surface area (Å²) in [6.07, 6.45) is 2.09. The molecule has 20 heavy (non-hydrogen) atoms. The zero-order valence-corrected chi connectivity index (χ0v) is 13.7. The van der Waals surface area contributed by atoms with Crippen molar-refractivity contribution in [1.29, 1.82) is 0 Å². The highest BCUT2D eigenvalue weighted by atomic mass is 32.2. The maximum absolute atomic E-state index is 12.9. The van der Waals surface area contributed by atoms with Crippen LogP contribution in [0.3, 0.4) is 0 Å². The third kappa shape index (κ3) is 6.73. The summed E-state index contributed by atoms with van der Waals surface area (Å²) in [5.74, 6) is 0.804. The molecule has 0 radical (unpaired) electrons. The number of thioether (sulfide) groups is 1. The lowest BCUT2D eigenvalue weighted by atomic mass is 9.99. The minimum Gasteiger partial charge on any atom is -0.379 e. The SMILES string of the molecule is CCNC(CCC(C)(C)OC)CSc1ccc(F)cc1. The van der Waals surface area contributed by atoms with Crippen LogP contribution >= 0.6 is 11.8 Å². The van der Waals surface area contributed by atoms with Gasteiger partial charge in [-0.3, -0.25) is 0 Å². The van der Waals surface area contributed by atoms with E-state index in [2.05, 4.69) is 26.1 Å². The van der Waals surface area contributed by atoms with Gasteiger partial charge in [-0.2, -0.15) is 0 Å². The molecule has 0 aliphatic rings. The first-order chi connectivity index (χ1) is 9.46. The van der Waals surface area contributed by atoms with Crippen LogP contribution < -0.4 is 5.32 Å². The highest BCUT2D eigenvalue weighted by molar-refractivity contribution is 7.99. The van der Waals surface area contributed by atoms with E-state index < -0.39 is 0 Å². The fourth-order valence-corrected chi connectivity index (χ4v) is 2.89. The summed E-state index contributed by atoms with van der Waals surface area (Å²) in [6.45, 7) is 7.31. The van der Waals surface area contributed by atoms with E-state index in [1.807, 2.05) is 12.1 Å². The topological polar surface area (TPSA) is 21.3 Å². The normalized spacial score (nSPS) is 13.4. The van der Waals surface area contributed by atoms with E-state index in [1.54, 1.807) is 18.9 Å². The maximum atomic E-state index is 12.9. The first kappa shape index (κ1) is 17.5. The largest absolute Gasteiger partial charge is 0.379 e. The first-order valence-electron chi connectivity index (χ1n) is 7.13. The van der Waals surface area contributed by atoms with E-state index in [4.69, 9.17) is 4.74 Å². The van der Waals surface area contributed by atoms with Crippen molar-refractivity contribution in [3.63, 3.8) is 0 Å². The van der Waals surface area contributed by atoms with Gasteiger partial charge in [0, 0.05) is 23.8 Å². The molecule has 0 aliphatic carbocycles. The third-order valence-electron chi connectivity index (χ3n) is 3.41. The van der Waals surface area contributed by atoms with Gasteiger partial charge < -0.3 is 10.1 Å². The second-order valence-corrected chi connectivity index (χ2v) is 6.62. The second kappa shape index (κ2) is 8.65. The summed E-state index contributed by atoms with van der Waals surface area (Å²) in [6, 6.07) is 7.14. The number of hydrogen-bond acceptors (Lipinski definition) is 3. The Morgan fingerprint density at radius 1 is 1.30 bits per heavy atom. The molecule has 0 aromatic heterocycles. The molecule has 0 saturated carbocycles. The predicted molar refractivity (Wildman–Crippen MR) is 84.9 cm³/mol. The lowest BCUT2D eigenvalue weighted by molar-refractivity contribution is 0.0122. The van der Waals surface area contributed by atoms with Crippen LogP contribution in [0.4, 0.5) is 4.39 Å². The molecular weight excluding hydrogens is 273 g/mol. The van der Waals surface area contributed by atoms with Crippen LogP contribution in [0.25, 0.3) is 0 Å². The van der Waals surface area contributed by atoms with E-state index in [0.29, 0.717) is 6.04 Å². The highest BCUT2D eigenvalue weighted by Crippen LogP contribution is 2.22. The number of methoxy groups -OCH3 is 1. The molecule has 0 saturated heterocycles. The average molecular weight is 299 g/mol.